The van der Waals surface area contributed by atoms with Gasteiger partial charge in [0, 0.05) is 0 Å². The van der Waals surface area contributed by atoms with Crippen molar-refractivity contribution in [3.05, 3.63) is 71.8 Å². The van der Waals surface area contributed by atoms with Crippen LogP contribution in [0.3, 0.4) is 0 Å². The predicted octanol–water partition coefficient (Wildman–Crippen LogP) is 7.45. The zero-order valence-electron chi connectivity index (χ0n) is 17.6. The molecule has 0 saturated heterocycles. The highest BCUT2D eigenvalue weighted by atomic mass is 28.3. The van der Waals surface area contributed by atoms with E-state index in [1.165, 1.54) is 22.3 Å². The molecule has 0 aromatic heterocycles. The molecular weight excluding hydrogens is 340 g/mol. The van der Waals surface area contributed by atoms with E-state index in [9.17, 15) is 0 Å². The second-order valence-corrected chi connectivity index (χ2v) is 14.2. The molecule has 1 aliphatic carbocycles. The average molecular weight is 373 g/mol. The molecular formula is C26H32Si. The van der Waals surface area contributed by atoms with Gasteiger partial charge in [-0.1, -0.05) is 108 Å². The minimum Gasteiger partial charge on any atom is -0.129 e. The molecule has 27 heavy (non-hydrogen) atoms. The van der Waals surface area contributed by atoms with Crippen molar-refractivity contribution in [1.29, 1.82) is 0 Å². The van der Waals surface area contributed by atoms with Crippen molar-refractivity contribution in [2.24, 2.45) is 5.92 Å². The Kier molecular flexibility index (Phi) is 5.77. The van der Waals surface area contributed by atoms with Crippen LogP contribution < -0.4 is 0 Å². The Labute approximate surface area is 166 Å². The van der Waals surface area contributed by atoms with Crippen molar-refractivity contribution in [2.45, 2.75) is 58.2 Å². The van der Waals surface area contributed by atoms with Gasteiger partial charge in [-0.2, -0.15) is 0 Å². The zero-order chi connectivity index (χ0) is 19.6. The summed E-state index contributed by atoms with van der Waals surface area (Å²) in [6.45, 7) is 14.3. The van der Waals surface area contributed by atoms with Crippen LogP contribution in [0.15, 0.2) is 60.7 Å². The van der Waals surface area contributed by atoms with E-state index in [0.717, 1.165) is 0 Å². The Hall–Kier alpha value is -2.04. The summed E-state index contributed by atoms with van der Waals surface area (Å²) in [6.07, 6.45) is 0. The van der Waals surface area contributed by atoms with Crippen molar-refractivity contribution < 1.29 is 0 Å². The molecule has 0 heterocycles. The Morgan fingerprint density at radius 1 is 0.630 bits per heavy atom. The van der Waals surface area contributed by atoms with Crippen LogP contribution in [0.1, 0.15) is 52.7 Å². The fourth-order valence-electron chi connectivity index (χ4n) is 4.88. The molecule has 0 bridgehead atoms. The highest BCUT2D eigenvalue weighted by Crippen LogP contribution is 2.53. The van der Waals surface area contributed by atoms with Gasteiger partial charge in [0.25, 0.3) is 0 Å². The summed E-state index contributed by atoms with van der Waals surface area (Å²) in [7, 11) is -1.70. The quantitative estimate of drug-likeness (QED) is 0.377. The first kappa shape index (κ1) is 19.7. The first-order valence-electron chi connectivity index (χ1n) is 10.3. The van der Waals surface area contributed by atoms with E-state index >= 15 is 0 Å². The first-order chi connectivity index (χ1) is 12.9. The zero-order valence-corrected chi connectivity index (χ0v) is 18.6. The first-order valence-corrected chi connectivity index (χ1v) is 12.5. The van der Waals surface area contributed by atoms with Crippen LogP contribution in [0.5, 0.6) is 0 Å². The van der Waals surface area contributed by atoms with Gasteiger partial charge in [0.15, 0.2) is 0 Å². The van der Waals surface area contributed by atoms with Crippen molar-refractivity contribution in [1.82, 2.24) is 0 Å². The molecule has 2 aromatic carbocycles. The van der Waals surface area contributed by atoms with E-state index in [2.05, 4.69) is 114 Å². The van der Waals surface area contributed by atoms with E-state index in [0.29, 0.717) is 16.6 Å². The molecule has 0 saturated carbocycles. The third-order valence-corrected chi connectivity index (χ3v) is 12.6. The molecule has 0 atom stereocenters. The topological polar surface area (TPSA) is 0 Å². The lowest BCUT2D eigenvalue weighted by atomic mass is 10.1. The van der Waals surface area contributed by atoms with Gasteiger partial charge in [-0.15, -0.1) is 5.54 Å². The van der Waals surface area contributed by atoms with Gasteiger partial charge in [0.05, 0.1) is 5.92 Å². The van der Waals surface area contributed by atoms with Crippen molar-refractivity contribution >= 4 is 19.2 Å². The van der Waals surface area contributed by atoms with Crippen LogP contribution in [0.2, 0.25) is 16.6 Å². The minimum atomic E-state index is -1.70. The van der Waals surface area contributed by atoms with Crippen molar-refractivity contribution in [3.8, 4) is 11.5 Å². The maximum Gasteiger partial charge on any atom is 0.146 e. The largest absolute Gasteiger partial charge is 0.146 e. The molecule has 0 unspecified atom stereocenters. The van der Waals surface area contributed by atoms with Gasteiger partial charge >= 0.3 is 0 Å². The van der Waals surface area contributed by atoms with Gasteiger partial charge in [-0.3, -0.25) is 0 Å². The molecule has 0 aliphatic heterocycles. The molecule has 0 nitrogen and oxygen atoms in total. The van der Waals surface area contributed by atoms with E-state index in [1.807, 2.05) is 0 Å². The van der Waals surface area contributed by atoms with E-state index in [4.69, 9.17) is 0 Å². The number of hydrogen-bond donors (Lipinski definition) is 0. The maximum absolute atomic E-state index is 3.94. The SMILES string of the molecule is CC(C)[Si](C#CC1C(c2ccccc2)=C1c1ccccc1)(C(C)C)C(C)C. The lowest BCUT2D eigenvalue weighted by Gasteiger charge is -2.38. The lowest BCUT2D eigenvalue weighted by molar-refractivity contribution is 0.838. The van der Waals surface area contributed by atoms with Gasteiger partial charge < -0.3 is 0 Å². The van der Waals surface area contributed by atoms with E-state index in [-0.39, 0.29) is 5.92 Å². The van der Waals surface area contributed by atoms with Gasteiger partial charge in [0.1, 0.15) is 8.07 Å². The van der Waals surface area contributed by atoms with Crippen molar-refractivity contribution in [2.75, 3.05) is 0 Å². The van der Waals surface area contributed by atoms with Crippen LogP contribution in [-0.4, -0.2) is 8.07 Å². The predicted molar refractivity (Wildman–Crippen MR) is 122 cm³/mol. The molecule has 1 aliphatic rings. The van der Waals surface area contributed by atoms with Crippen LogP contribution in [0.25, 0.3) is 11.1 Å². The number of hydrogen-bond acceptors (Lipinski definition) is 0. The summed E-state index contributed by atoms with van der Waals surface area (Å²) in [6, 6.07) is 21.6. The minimum absolute atomic E-state index is 0.290. The molecule has 0 radical (unpaired) electrons. The van der Waals surface area contributed by atoms with Crippen LogP contribution >= 0.6 is 0 Å². The monoisotopic (exact) mass is 372 g/mol. The van der Waals surface area contributed by atoms with E-state index < -0.39 is 8.07 Å². The Balaban J connectivity index is 2.02. The fraction of sp³-hybridized carbons (Fsp3) is 0.385. The van der Waals surface area contributed by atoms with Gasteiger partial charge in [-0.25, -0.2) is 0 Å². The summed E-state index contributed by atoms with van der Waals surface area (Å²) >= 11 is 0. The highest BCUT2D eigenvalue weighted by Gasteiger charge is 2.43. The van der Waals surface area contributed by atoms with Crippen LogP contribution in [0, 0.1) is 17.4 Å². The third-order valence-electron chi connectivity index (χ3n) is 6.25. The molecule has 2 aromatic rings. The number of rotatable bonds is 5. The van der Waals surface area contributed by atoms with Crippen molar-refractivity contribution in [3.63, 3.8) is 0 Å². The average Bonchev–Trinajstić information content (AvgIpc) is 3.37. The maximum atomic E-state index is 3.94. The van der Waals surface area contributed by atoms with E-state index in [1.54, 1.807) is 0 Å². The molecule has 3 rings (SSSR count). The van der Waals surface area contributed by atoms with Gasteiger partial charge in [0.2, 0.25) is 0 Å². The number of allylic oxidation sites excluding steroid dienone is 2. The molecule has 140 valence electrons. The van der Waals surface area contributed by atoms with Crippen LogP contribution in [-0.2, 0) is 0 Å². The smallest absolute Gasteiger partial charge is 0.129 e. The third kappa shape index (κ3) is 3.69. The second kappa shape index (κ2) is 7.91. The summed E-state index contributed by atoms with van der Waals surface area (Å²) in [5, 5.41) is 0. The molecule has 0 spiro atoms. The fourth-order valence-corrected chi connectivity index (χ4v) is 10.1. The summed E-state index contributed by atoms with van der Waals surface area (Å²) < 4.78 is 0. The molecule has 1 heteroatoms. The standard InChI is InChI=1S/C26H32Si/c1-19(2)27(20(3)4,21(5)6)18-17-24-25(22-13-9-7-10-14-22)26(24)23-15-11-8-12-16-23/h7-16,19-21,24H,1-6H3. The summed E-state index contributed by atoms with van der Waals surface area (Å²) in [5.74, 6) is 4.07. The normalized spacial score (nSPS) is 14.7. The molecule has 0 N–H and O–H groups in total. The Morgan fingerprint density at radius 3 is 1.33 bits per heavy atom. The van der Waals surface area contributed by atoms with Crippen LogP contribution in [0.4, 0.5) is 0 Å². The molecule has 0 fully saturated rings. The second-order valence-electron chi connectivity index (χ2n) is 8.66. The van der Waals surface area contributed by atoms with Gasteiger partial charge in [-0.05, 0) is 38.9 Å². The summed E-state index contributed by atoms with van der Waals surface area (Å²) in [4.78, 5) is 0. The summed E-state index contributed by atoms with van der Waals surface area (Å²) in [5.41, 5.74) is 11.4. The Bertz CT molecular complexity index is 789. The Morgan fingerprint density at radius 2 is 1.00 bits per heavy atom. The highest BCUT2D eigenvalue weighted by molar-refractivity contribution is 6.90. The lowest BCUT2D eigenvalue weighted by Crippen LogP contribution is -2.43. The number of benzene rings is 2. The molecule has 0 amide bonds.